The summed E-state index contributed by atoms with van der Waals surface area (Å²) < 4.78 is 2.23. The smallest absolute Gasteiger partial charge is 0.174 e. The van der Waals surface area contributed by atoms with Gasteiger partial charge in [0.25, 0.3) is 0 Å². The summed E-state index contributed by atoms with van der Waals surface area (Å²) in [6.07, 6.45) is 3.94. The number of anilines is 1. The zero-order valence-corrected chi connectivity index (χ0v) is 17.5. The number of pyridine rings is 1. The third-order valence-electron chi connectivity index (χ3n) is 5.53. The minimum Gasteiger partial charge on any atom is -0.351 e. The van der Waals surface area contributed by atoms with E-state index in [9.17, 15) is 0 Å². The van der Waals surface area contributed by atoms with E-state index < -0.39 is 0 Å². The fourth-order valence-electron chi connectivity index (χ4n) is 4.10. The van der Waals surface area contributed by atoms with Gasteiger partial charge in [-0.1, -0.05) is 42.0 Å². The van der Waals surface area contributed by atoms with Crippen molar-refractivity contribution >= 4 is 23.0 Å². The quantitative estimate of drug-likeness (QED) is 0.459. The molecule has 4 aromatic rings. The van der Waals surface area contributed by atoms with E-state index in [0.717, 1.165) is 22.8 Å². The summed E-state index contributed by atoms with van der Waals surface area (Å²) in [5.74, 6) is 0. The molecule has 0 amide bonds. The molecule has 30 heavy (non-hydrogen) atoms. The van der Waals surface area contributed by atoms with Crippen LogP contribution in [-0.2, 0) is 0 Å². The predicted octanol–water partition coefficient (Wildman–Crippen LogP) is 5.36. The van der Waals surface area contributed by atoms with E-state index in [0.29, 0.717) is 5.11 Å². The number of para-hydroxylation sites is 1. The van der Waals surface area contributed by atoms with Gasteiger partial charge in [0.1, 0.15) is 6.04 Å². The van der Waals surface area contributed by atoms with E-state index in [1.54, 1.807) is 0 Å². The first kappa shape index (κ1) is 18.6. The SMILES string of the molecule is Cc1ccc(N2C(=S)N[C@@H](c3ccccn3)[C@H]2c2cccn2-c2ccccc2)cc1. The van der Waals surface area contributed by atoms with E-state index in [4.69, 9.17) is 12.2 Å². The van der Waals surface area contributed by atoms with Crippen molar-refractivity contribution in [2.45, 2.75) is 19.0 Å². The molecule has 1 N–H and O–H groups in total. The molecule has 0 bridgehead atoms. The van der Waals surface area contributed by atoms with Crippen LogP contribution >= 0.6 is 12.2 Å². The van der Waals surface area contributed by atoms with Crippen LogP contribution in [0, 0.1) is 6.92 Å². The van der Waals surface area contributed by atoms with E-state index in [1.165, 1.54) is 5.56 Å². The van der Waals surface area contributed by atoms with Crippen molar-refractivity contribution in [3.63, 3.8) is 0 Å². The number of hydrogen-bond donors (Lipinski definition) is 1. The molecule has 0 saturated carbocycles. The van der Waals surface area contributed by atoms with Crippen LogP contribution in [0.2, 0.25) is 0 Å². The second kappa shape index (κ2) is 7.76. The Labute approximate surface area is 181 Å². The summed E-state index contributed by atoms with van der Waals surface area (Å²) in [6.45, 7) is 2.10. The molecule has 0 unspecified atom stereocenters. The van der Waals surface area contributed by atoms with Crippen molar-refractivity contribution in [3.8, 4) is 5.69 Å². The van der Waals surface area contributed by atoms with Crippen LogP contribution in [0.3, 0.4) is 0 Å². The van der Waals surface area contributed by atoms with Gasteiger partial charge >= 0.3 is 0 Å². The molecule has 5 rings (SSSR count). The largest absolute Gasteiger partial charge is 0.351 e. The first-order valence-corrected chi connectivity index (χ1v) is 10.4. The first-order valence-electron chi connectivity index (χ1n) is 10.0. The molecule has 2 aromatic heterocycles. The monoisotopic (exact) mass is 410 g/mol. The van der Waals surface area contributed by atoms with Crippen LogP contribution < -0.4 is 10.2 Å². The van der Waals surface area contributed by atoms with Gasteiger partial charge in [0.2, 0.25) is 0 Å². The maximum absolute atomic E-state index is 5.82. The second-order valence-corrected chi connectivity index (χ2v) is 7.86. The highest BCUT2D eigenvalue weighted by Crippen LogP contribution is 2.42. The van der Waals surface area contributed by atoms with Gasteiger partial charge in [-0.15, -0.1) is 0 Å². The van der Waals surface area contributed by atoms with Gasteiger partial charge in [0, 0.05) is 29.5 Å². The number of benzene rings is 2. The number of aromatic nitrogens is 2. The van der Waals surface area contributed by atoms with Gasteiger partial charge in [-0.25, -0.2) is 0 Å². The third kappa shape index (κ3) is 3.27. The lowest BCUT2D eigenvalue weighted by Crippen LogP contribution is -2.30. The average molecular weight is 411 g/mol. The van der Waals surface area contributed by atoms with Gasteiger partial charge in [0.15, 0.2) is 5.11 Å². The van der Waals surface area contributed by atoms with E-state index >= 15 is 0 Å². The number of nitrogens with one attached hydrogen (secondary N) is 1. The predicted molar refractivity (Wildman–Crippen MR) is 125 cm³/mol. The van der Waals surface area contributed by atoms with Gasteiger partial charge in [-0.05, 0) is 67.7 Å². The molecule has 0 radical (unpaired) electrons. The van der Waals surface area contributed by atoms with Crippen molar-refractivity contribution in [1.29, 1.82) is 0 Å². The molecular formula is C25H22N4S. The molecule has 3 heterocycles. The van der Waals surface area contributed by atoms with Gasteiger partial charge in [0.05, 0.1) is 11.7 Å². The fraction of sp³-hybridized carbons (Fsp3) is 0.120. The second-order valence-electron chi connectivity index (χ2n) is 7.47. The maximum Gasteiger partial charge on any atom is 0.174 e. The minimum absolute atomic E-state index is 0.0367. The highest BCUT2D eigenvalue weighted by molar-refractivity contribution is 7.80. The highest BCUT2D eigenvalue weighted by atomic mass is 32.1. The zero-order chi connectivity index (χ0) is 20.5. The molecule has 2 atom stereocenters. The average Bonchev–Trinajstić information content (AvgIpc) is 3.40. The Morgan fingerprint density at radius 2 is 1.60 bits per heavy atom. The van der Waals surface area contributed by atoms with Crippen LogP contribution in [0.25, 0.3) is 5.69 Å². The van der Waals surface area contributed by atoms with Crippen LogP contribution in [-0.4, -0.2) is 14.7 Å². The summed E-state index contributed by atoms with van der Waals surface area (Å²) in [6, 6.07) is 29.1. The molecule has 148 valence electrons. The molecule has 5 heteroatoms. The van der Waals surface area contributed by atoms with Crippen molar-refractivity contribution in [2.75, 3.05) is 4.90 Å². The molecule has 0 spiro atoms. The molecule has 0 aliphatic carbocycles. The Bertz CT molecular complexity index is 1150. The Hall–Kier alpha value is -3.44. The van der Waals surface area contributed by atoms with E-state index in [1.807, 2.05) is 24.4 Å². The van der Waals surface area contributed by atoms with Gasteiger partial charge in [-0.3, -0.25) is 4.98 Å². The molecule has 1 aliphatic heterocycles. The zero-order valence-electron chi connectivity index (χ0n) is 16.6. The first-order chi connectivity index (χ1) is 14.7. The summed E-state index contributed by atoms with van der Waals surface area (Å²) in [7, 11) is 0. The van der Waals surface area contributed by atoms with Crippen LogP contribution in [0.4, 0.5) is 5.69 Å². The van der Waals surface area contributed by atoms with Crippen molar-refractivity contribution in [3.05, 3.63) is 114 Å². The van der Waals surface area contributed by atoms with Crippen LogP contribution in [0.5, 0.6) is 0 Å². The summed E-state index contributed by atoms with van der Waals surface area (Å²) in [4.78, 5) is 6.85. The van der Waals surface area contributed by atoms with Crippen molar-refractivity contribution < 1.29 is 0 Å². The minimum atomic E-state index is -0.0580. The highest BCUT2D eigenvalue weighted by Gasteiger charge is 2.42. The number of rotatable bonds is 4. The van der Waals surface area contributed by atoms with Crippen LogP contribution in [0.15, 0.2) is 97.3 Å². The fourth-order valence-corrected chi connectivity index (χ4v) is 4.44. The Balaban J connectivity index is 1.67. The number of thiocarbonyl (C=S) groups is 1. The van der Waals surface area contributed by atoms with Crippen molar-refractivity contribution in [1.82, 2.24) is 14.9 Å². The molecule has 2 aromatic carbocycles. The Kier molecular flexibility index (Phi) is 4.81. The third-order valence-corrected chi connectivity index (χ3v) is 5.84. The summed E-state index contributed by atoms with van der Waals surface area (Å²) in [5.41, 5.74) is 5.55. The normalized spacial score (nSPS) is 18.4. The standard InChI is InChI=1S/C25H22N4S/c1-18-12-14-20(15-13-18)29-24(23(27-25(29)30)21-10-5-6-16-26-21)22-11-7-17-28(22)19-8-3-2-4-9-19/h2-17,23-24H,1H3,(H,27,30)/t23-,24+/m0/s1. The summed E-state index contributed by atoms with van der Waals surface area (Å²) in [5, 5.41) is 4.24. The van der Waals surface area contributed by atoms with Gasteiger partial charge in [-0.2, -0.15) is 0 Å². The molecule has 1 aliphatic rings. The Morgan fingerprint density at radius 1 is 0.833 bits per heavy atom. The van der Waals surface area contributed by atoms with Crippen molar-refractivity contribution in [2.24, 2.45) is 0 Å². The van der Waals surface area contributed by atoms with Gasteiger partial charge < -0.3 is 14.8 Å². The Morgan fingerprint density at radius 3 is 2.33 bits per heavy atom. The number of hydrogen-bond acceptors (Lipinski definition) is 2. The lowest BCUT2D eigenvalue weighted by atomic mass is 10.0. The molecule has 1 fully saturated rings. The topological polar surface area (TPSA) is 33.1 Å². The van der Waals surface area contributed by atoms with E-state index in [2.05, 4.69) is 99.6 Å². The number of nitrogens with zero attached hydrogens (tertiary/aromatic N) is 3. The molecular weight excluding hydrogens is 388 g/mol. The maximum atomic E-state index is 5.82. The number of aryl methyl sites for hydroxylation is 1. The van der Waals surface area contributed by atoms with E-state index in [-0.39, 0.29) is 12.1 Å². The lowest BCUT2D eigenvalue weighted by Gasteiger charge is -2.29. The molecule has 1 saturated heterocycles. The van der Waals surface area contributed by atoms with Crippen LogP contribution in [0.1, 0.15) is 29.0 Å². The summed E-state index contributed by atoms with van der Waals surface area (Å²) >= 11 is 5.82. The lowest BCUT2D eigenvalue weighted by molar-refractivity contribution is 0.549. The molecule has 4 nitrogen and oxygen atoms in total.